The lowest BCUT2D eigenvalue weighted by molar-refractivity contribution is 0.271. The van der Waals surface area contributed by atoms with Gasteiger partial charge < -0.3 is 14.8 Å². The molecule has 3 rings (SSSR count). The van der Waals surface area contributed by atoms with Crippen molar-refractivity contribution in [3.05, 3.63) is 78.3 Å². The molecule has 0 saturated carbocycles. The van der Waals surface area contributed by atoms with Gasteiger partial charge in [0.15, 0.2) is 5.76 Å². The summed E-state index contributed by atoms with van der Waals surface area (Å²) in [5.74, 6) is 1.71. The van der Waals surface area contributed by atoms with Crippen LogP contribution < -0.4 is 5.32 Å². The van der Waals surface area contributed by atoms with Crippen LogP contribution >= 0.6 is 0 Å². The van der Waals surface area contributed by atoms with Crippen molar-refractivity contribution < 1.29 is 9.52 Å². The SMILES string of the molecule is C[C@@H](NC[C@@H](CCO)c1ccccc1)c1ncc(-c2ccccc2)o1. The highest BCUT2D eigenvalue weighted by molar-refractivity contribution is 5.55. The summed E-state index contributed by atoms with van der Waals surface area (Å²) in [7, 11) is 0. The Labute approximate surface area is 148 Å². The number of oxazole rings is 1. The molecule has 0 fully saturated rings. The van der Waals surface area contributed by atoms with Crippen LogP contribution in [0.1, 0.15) is 36.8 Å². The average molecular weight is 336 g/mol. The lowest BCUT2D eigenvalue weighted by Crippen LogP contribution is -2.25. The van der Waals surface area contributed by atoms with Gasteiger partial charge in [0.2, 0.25) is 5.89 Å². The first-order chi connectivity index (χ1) is 12.3. The Morgan fingerprint density at radius 1 is 1.04 bits per heavy atom. The van der Waals surface area contributed by atoms with E-state index in [2.05, 4.69) is 22.4 Å². The van der Waals surface area contributed by atoms with E-state index in [0.29, 0.717) is 5.89 Å². The van der Waals surface area contributed by atoms with Gasteiger partial charge in [-0.05, 0) is 24.8 Å². The maximum atomic E-state index is 9.35. The summed E-state index contributed by atoms with van der Waals surface area (Å²) in [4.78, 5) is 4.41. The van der Waals surface area contributed by atoms with Crippen molar-refractivity contribution in [2.45, 2.75) is 25.3 Å². The molecule has 1 aromatic heterocycles. The summed E-state index contributed by atoms with van der Waals surface area (Å²) in [6, 6.07) is 20.2. The van der Waals surface area contributed by atoms with E-state index in [4.69, 9.17) is 4.42 Å². The highest BCUT2D eigenvalue weighted by Crippen LogP contribution is 2.24. The van der Waals surface area contributed by atoms with Crippen LogP contribution in [0.2, 0.25) is 0 Å². The summed E-state index contributed by atoms with van der Waals surface area (Å²) >= 11 is 0. The molecule has 0 bridgehead atoms. The van der Waals surface area contributed by atoms with E-state index in [1.165, 1.54) is 5.56 Å². The van der Waals surface area contributed by atoms with Crippen molar-refractivity contribution in [1.29, 1.82) is 0 Å². The molecular weight excluding hydrogens is 312 g/mol. The zero-order chi connectivity index (χ0) is 17.5. The number of hydrogen-bond acceptors (Lipinski definition) is 4. The maximum absolute atomic E-state index is 9.35. The van der Waals surface area contributed by atoms with Crippen LogP contribution in [0.5, 0.6) is 0 Å². The Bertz CT molecular complexity index is 756. The molecule has 4 nitrogen and oxygen atoms in total. The fourth-order valence-electron chi connectivity index (χ4n) is 2.90. The number of rotatable bonds is 8. The summed E-state index contributed by atoms with van der Waals surface area (Å²) in [6.07, 6.45) is 2.50. The standard InChI is InChI=1S/C21H24N2O2/c1-16(21-23-15-20(25-21)18-10-6-3-7-11-18)22-14-19(12-13-24)17-8-4-2-5-9-17/h2-11,15-16,19,22,24H,12-14H2,1H3/t16-,19-/m1/s1. The summed E-state index contributed by atoms with van der Waals surface area (Å²) in [5.41, 5.74) is 2.25. The summed E-state index contributed by atoms with van der Waals surface area (Å²) < 4.78 is 5.91. The summed E-state index contributed by atoms with van der Waals surface area (Å²) in [5, 5.41) is 12.8. The van der Waals surface area contributed by atoms with E-state index in [1.807, 2.05) is 55.5 Å². The number of aliphatic hydroxyl groups excluding tert-OH is 1. The predicted octanol–water partition coefficient (Wildman–Crippen LogP) is 4.16. The van der Waals surface area contributed by atoms with Crippen LogP contribution in [0.3, 0.4) is 0 Å². The fraction of sp³-hybridized carbons (Fsp3) is 0.286. The van der Waals surface area contributed by atoms with E-state index < -0.39 is 0 Å². The van der Waals surface area contributed by atoms with Gasteiger partial charge in [-0.15, -0.1) is 0 Å². The monoisotopic (exact) mass is 336 g/mol. The fourth-order valence-corrected chi connectivity index (χ4v) is 2.90. The van der Waals surface area contributed by atoms with E-state index >= 15 is 0 Å². The molecule has 1 heterocycles. The Kier molecular flexibility index (Phi) is 5.99. The third kappa shape index (κ3) is 4.56. The minimum absolute atomic E-state index is 0.00219. The Morgan fingerprint density at radius 2 is 1.72 bits per heavy atom. The van der Waals surface area contributed by atoms with E-state index in [9.17, 15) is 5.11 Å². The minimum atomic E-state index is 0.00219. The van der Waals surface area contributed by atoms with Gasteiger partial charge in [0.05, 0.1) is 12.2 Å². The van der Waals surface area contributed by atoms with Crippen LogP contribution in [0.25, 0.3) is 11.3 Å². The van der Waals surface area contributed by atoms with Crippen molar-refractivity contribution in [3.8, 4) is 11.3 Å². The number of aliphatic hydroxyl groups is 1. The van der Waals surface area contributed by atoms with Crippen LogP contribution in [0.4, 0.5) is 0 Å². The molecule has 3 aromatic rings. The second kappa shape index (κ2) is 8.60. The normalized spacial score (nSPS) is 13.5. The molecule has 4 heteroatoms. The Balaban J connectivity index is 1.63. The van der Waals surface area contributed by atoms with Crippen molar-refractivity contribution in [2.75, 3.05) is 13.2 Å². The molecule has 25 heavy (non-hydrogen) atoms. The number of nitrogens with one attached hydrogen (secondary N) is 1. The third-order valence-electron chi connectivity index (χ3n) is 4.37. The van der Waals surface area contributed by atoms with Crippen LogP contribution in [-0.2, 0) is 0 Å². The van der Waals surface area contributed by atoms with Gasteiger partial charge in [0.1, 0.15) is 0 Å². The molecule has 0 unspecified atom stereocenters. The second-order valence-electron chi connectivity index (χ2n) is 6.18. The lowest BCUT2D eigenvalue weighted by Gasteiger charge is -2.19. The highest BCUT2D eigenvalue weighted by Gasteiger charge is 2.16. The van der Waals surface area contributed by atoms with Gasteiger partial charge >= 0.3 is 0 Å². The van der Waals surface area contributed by atoms with Gasteiger partial charge in [-0.25, -0.2) is 4.98 Å². The number of nitrogens with zero attached hydrogens (tertiary/aromatic N) is 1. The van der Waals surface area contributed by atoms with E-state index in [1.54, 1.807) is 6.20 Å². The van der Waals surface area contributed by atoms with Crippen LogP contribution in [-0.4, -0.2) is 23.2 Å². The van der Waals surface area contributed by atoms with Gasteiger partial charge in [-0.1, -0.05) is 60.7 Å². The third-order valence-corrected chi connectivity index (χ3v) is 4.37. The average Bonchev–Trinajstić information content (AvgIpc) is 3.16. The molecule has 130 valence electrons. The van der Waals surface area contributed by atoms with Gasteiger partial charge in [-0.3, -0.25) is 0 Å². The predicted molar refractivity (Wildman–Crippen MR) is 99.2 cm³/mol. The molecule has 0 aliphatic carbocycles. The highest BCUT2D eigenvalue weighted by atomic mass is 16.4. The molecule has 2 N–H and O–H groups in total. The number of benzene rings is 2. The lowest BCUT2D eigenvalue weighted by atomic mass is 9.96. The van der Waals surface area contributed by atoms with Crippen molar-refractivity contribution in [1.82, 2.24) is 10.3 Å². The molecule has 2 aromatic carbocycles. The summed E-state index contributed by atoms with van der Waals surface area (Å²) in [6.45, 7) is 2.98. The maximum Gasteiger partial charge on any atom is 0.211 e. The molecule has 2 atom stereocenters. The van der Waals surface area contributed by atoms with Crippen molar-refractivity contribution >= 4 is 0 Å². The van der Waals surface area contributed by atoms with E-state index in [-0.39, 0.29) is 18.6 Å². The molecule has 0 aliphatic rings. The zero-order valence-corrected chi connectivity index (χ0v) is 14.4. The topological polar surface area (TPSA) is 58.3 Å². The largest absolute Gasteiger partial charge is 0.439 e. The number of aromatic nitrogens is 1. The molecule has 0 saturated heterocycles. The van der Waals surface area contributed by atoms with Gasteiger partial charge in [-0.2, -0.15) is 0 Å². The first kappa shape index (κ1) is 17.4. The first-order valence-electron chi connectivity index (χ1n) is 8.68. The molecule has 0 aliphatic heterocycles. The first-order valence-corrected chi connectivity index (χ1v) is 8.68. The second-order valence-corrected chi connectivity index (χ2v) is 6.18. The Morgan fingerprint density at radius 3 is 2.40 bits per heavy atom. The Hall–Kier alpha value is -2.43. The minimum Gasteiger partial charge on any atom is -0.439 e. The number of hydrogen-bond donors (Lipinski definition) is 2. The molecule has 0 amide bonds. The molecule has 0 radical (unpaired) electrons. The van der Waals surface area contributed by atoms with E-state index in [0.717, 1.165) is 24.3 Å². The smallest absolute Gasteiger partial charge is 0.211 e. The zero-order valence-electron chi connectivity index (χ0n) is 14.4. The van der Waals surface area contributed by atoms with Crippen molar-refractivity contribution in [2.24, 2.45) is 0 Å². The van der Waals surface area contributed by atoms with Crippen molar-refractivity contribution in [3.63, 3.8) is 0 Å². The van der Waals surface area contributed by atoms with Gasteiger partial charge in [0.25, 0.3) is 0 Å². The van der Waals surface area contributed by atoms with Crippen LogP contribution in [0, 0.1) is 0 Å². The quantitative estimate of drug-likeness (QED) is 0.648. The molecular formula is C21H24N2O2. The molecule has 0 spiro atoms. The van der Waals surface area contributed by atoms with Crippen LogP contribution in [0.15, 0.2) is 71.3 Å². The van der Waals surface area contributed by atoms with Gasteiger partial charge in [0, 0.05) is 18.7 Å².